The molecule has 2 unspecified atom stereocenters. The number of benzene rings is 1. The van der Waals surface area contributed by atoms with E-state index in [1.165, 1.54) is 19.5 Å². The van der Waals surface area contributed by atoms with Gasteiger partial charge in [0.15, 0.2) is 0 Å². The first kappa shape index (κ1) is 36.5. The fourth-order valence-electron chi connectivity index (χ4n) is 5.94. The van der Waals surface area contributed by atoms with Crippen molar-refractivity contribution >= 4 is 18.0 Å². The number of hydrogen-bond donors (Lipinski definition) is 0. The van der Waals surface area contributed by atoms with Crippen molar-refractivity contribution in [2.24, 2.45) is 7.05 Å². The quantitative estimate of drug-likeness (QED) is 0.121. The van der Waals surface area contributed by atoms with Gasteiger partial charge in [0, 0.05) is 67.9 Å². The summed E-state index contributed by atoms with van der Waals surface area (Å²) < 4.78 is 94.2. The molecule has 3 aromatic rings. The van der Waals surface area contributed by atoms with E-state index >= 15 is 0 Å². The fraction of sp³-hybridized carbons (Fsp3) is 0.531. The maximum atomic E-state index is 13.8. The number of alkyl halides is 6. The smallest absolute Gasteiger partial charge is 0.416 e. The van der Waals surface area contributed by atoms with Gasteiger partial charge in [-0.15, -0.1) is 0 Å². The summed E-state index contributed by atoms with van der Waals surface area (Å²) in [5.41, 5.74) is -1.71. The normalized spacial score (nSPS) is 18.5. The number of aryl methyl sites for hydroxylation is 1. The predicted octanol–water partition coefficient (Wildman–Crippen LogP) is 7.03. The summed E-state index contributed by atoms with van der Waals surface area (Å²) in [7, 11) is 3.01. The number of carbonyl (C=O) groups is 2. The summed E-state index contributed by atoms with van der Waals surface area (Å²) in [5.74, 6) is -0.314. The number of rotatable bonds is 11. The molecule has 0 spiro atoms. The number of hydrogen-bond acceptors (Lipinski definition) is 8. The van der Waals surface area contributed by atoms with Crippen LogP contribution in [0.3, 0.4) is 0 Å². The van der Waals surface area contributed by atoms with E-state index < -0.39 is 41.6 Å². The number of nitrogens with zero attached hydrogens (tertiary/aromatic N) is 6. The Morgan fingerprint density at radius 1 is 0.917 bits per heavy atom. The molecule has 1 saturated heterocycles. The molecule has 0 bridgehead atoms. The number of ether oxygens (including phenoxy) is 2. The molecule has 1 aliphatic rings. The number of amides is 1. The summed E-state index contributed by atoms with van der Waals surface area (Å²) in [6.45, 7) is 3.41. The van der Waals surface area contributed by atoms with E-state index in [1.54, 1.807) is 33.9 Å². The lowest BCUT2D eigenvalue weighted by molar-refractivity contribution is -0.143. The van der Waals surface area contributed by atoms with E-state index in [-0.39, 0.29) is 55.7 Å². The molecule has 0 N–H and O–H groups in total. The molecule has 3 heterocycles. The average Bonchev–Trinajstić information content (AvgIpc) is 3.49. The molecule has 0 aliphatic carbocycles. The molecular formula is C32H38F6N6O4. The zero-order valence-electron chi connectivity index (χ0n) is 27.0. The molecule has 0 saturated carbocycles. The molecule has 262 valence electrons. The largest absolute Gasteiger partial charge is 0.469 e. The summed E-state index contributed by atoms with van der Waals surface area (Å²) in [4.78, 5) is 36.9. The van der Waals surface area contributed by atoms with Gasteiger partial charge >= 0.3 is 24.4 Å². The summed E-state index contributed by atoms with van der Waals surface area (Å²) in [6, 6.07) is 0.320. The predicted molar refractivity (Wildman–Crippen MR) is 162 cm³/mol. The Balaban J connectivity index is 1.68. The van der Waals surface area contributed by atoms with Crippen LogP contribution in [0.2, 0.25) is 0 Å². The van der Waals surface area contributed by atoms with Gasteiger partial charge in [-0.05, 0) is 55.9 Å². The monoisotopic (exact) mass is 684 g/mol. The molecule has 10 nitrogen and oxygen atoms in total. The van der Waals surface area contributed by atoms with E-state index in [9.17, 15) is 35.9 Å². The Labute approximate surface area is 274 Å². The van der Waals surface area contributed by atoms with Crippen LogP contribution in [-0.4, -0.2) is 68.6 Å². The van der Waals surface area contributed by atoms with Gasteiger partial charge in [0.2, 0.25) is 5.95 Å². The molecule has 4 rings (SSSR count). The van der Waals surface area contributed by atoms with Crippen molar-refractivity contribution in [3.63, 3.8) is 0 Å². The second-order valence-electron chi connectivity index (χ2n) is 11.7. The molecule has 1 amide bonds. The molecule has 2 aromatic heterocycles. The lowest BCUT2D eigenvalue weighted by atomic mass is 9.87. The zero-order chi connectivity index (χ0) is 35.2. The molecule has 2 atom stereocenters. The van der Waals surface area contributed by atoms with Crippen molar-refractivity contribution in [3.05, 3.63) is 59.7 Å². The topological polar surface area (TPSA) is 103 Å². The lowest BCUT2D eigenvalue weighted by Gasteiger charge is -2.47. The highest BCUT2D eigenvalue weighted by Gasteiger charge is 2.41. The van der Waals surface area contributed by atoms with Crippen molar-refractivity contribution in [3.8, 4) is 11.1 Å². The Hall–Kier alpha value is -4.37. The highest BCUT2D eigenvalue weighted by molar-refractivity contribution is 5.70. The Morgan fingerprint density at radius 3 is 1.98 bits per heavy atom. The number of halogens is 6. The third-order valence-electron chi connectivity index (χ3n) is 8.38. The number of likely N-dealkylation sites (tertiary alicyclic amines) is 1. The Bertz CT molecular complexity index is 1500. The maximum Gasteiger partial charge on any atom is 0.416 e. The van der Waals surface area contributed by atoms with Crippen LogP contribution in [0.25, 0.3) is 11.1 Å². The third kappa shape index (κ3) is 8.95. The molecular weight excluding hydrogens is 646 g/mol. The van der Waals surface area contributed by atoms with E-state index in [0.717, 1.165) is 5.56 Å². The van der Waals surface area contributed by atoms with Gasteiger partial charge in [-0.3, -0.25) is 9.48 Å². The van der Waals surface area contributed by atoms with Crippen LogP contribution in [0.15, 0.2) is 43.0 Å². The van der Waals surface area contributed by atoms with Crippen LogP contribution in [0.4, 0.5) is 37.1 Å². The second-order valence-corrected chi connectivity index (χ2v) is 11.7. The Kier molecular flexibility index (Phi) is 11.6. The fourth-order valence-corrected chi connectivity index (χ4v) is 5.94. The van der Waals surface area contributed by atoms with Crippen molar-refractivity contribution in [1.29, 1.82) is 0 Å². The van der Waals surface area contributed by atoms with Gasteiger partial charge in [0.1, 0.15) is 0 Å². The zero-order valence-corrected chi connectivity index (χ0v) is 27.0. The highest BCUT2D eigenvalue weighted by Crippen LogP contribution is 2.38. The summed E-state index contributed by atoms with van der Waals surface area (Å²) in [5, 5.41) is 4.13. The summed E-state index contributed by atoms with van der Waals surface area (Å²) in [6.07, 6.45) is -2.16. The van der Waals surface area contributed by atoms with Crippen LogP contribution in [-0.2, 0) is 40.2 Å². The molecule has 1 aromatic carbocycles. The molecule has 0 radical (unpaired) electrons. The Morgan fingerprint density at radius 2 is 1.50 bits per heavy atom. The number of esters is 1. The van der Waals surface area contributed by atoms with Crippen LogP contribution in [0.1, 0.15) is 69.1 Å². The van der Waals surface area contributed by atoms with Crippen LogP contribution in [0, 0.1) is 0 Å². The van der Waals surface area contributed by atoms with Gasteiger partial charge in [-0.2, -0.15) is 31.4 Å². The van der Waals surface area contributed by atoms with E-state index in [1.807, 2.05) is 13.8 Å². The van der Waals surface area contributed by atoms with E-state index in [0.29, 0.717) is 43.4 Å². The molecule has 16 heteroatoms. The minimum atomic E-state index is -5.01. The van der Waals surface area contributed by atoms with Crippen molar-refractivity contribution in [2.75, 3.05) is 18.6 Å². The number of piperidine rings is 1. The van der Waals surface area contributed by atoms with Crippen LogP contribution in [0.5, 0.6) is 0 Å². The SMILES string of the molecule is CCC1CC(N(Cc2cc(C(F)(F)F)cc(C(F)(F)F)c2)c2ncc(-c3cnn(C)c3)cn2)CC(CC)N1C(=O)OCCCC(=O)OC. The van der Waals surface area contributed by atoms with E-state index in [4.69, 9.17) is 4.74 Å². The standard InChI is InChI=1S/C32H38F6N6O4/c1-5-25-13-27(14-26(6-2)44(25)30(46)48-9-7-8-28(45)47-4)43(29-39-15-21(16-40-29)22-17-41-42(3)19-22)18-20-10-23(31(33,34)35)12-24(11-20)32(36,37)38/h10-12,15-17,19,25-27H,5-9,13-14,18H2,1-4H3. The van der Waals surface area contributed by atoms with Crippen molar-refractivity contribution in [2.45, 2.75) is 89.4 Å². The lowest BCUT2D eigenvalue weighted by Crippen LogP contribution is -2.57. The van der Waals surface area contributed by atoms with Crippen molar-refractivity contribution in [1.82, 2.24) is 24.6 Å². The highest BCUT2D eigenvalue weighted by atomic mass is 19.4. The molecule has 1 fully saturated rings. The summed E-state index contributed by atoms with van der Waals surface area (Å²) >= 11 is 0. The average molecular weight is 685 g/mol. The number of aromatic nitrogens is 4. The minimum absolute atomic E-state index is 0.00105. The number of methoxy groups -OCH3 is 1. The minimum Gasteiger partial charge on any atom is -0.469 e. The second kappa shape index (κ2) is 15.2. The first-order valence-corrected chi connectivity index (χ1v) is 15.5. The van der Waals surface area contributed by atoms with Gasteiger partial charge < -0.3 is 19.3 Å². The molecule has 1 aliphatic heterocycles. The first-order chi connectivity index (χ1) is 22.6. The maximum absolute atomic E-state index is 13.8. The molecule has 48 heavy (non-hydrogen) atoms. The first-order valence-electron chi connectivity index (χ1n) is 15.5. The number of carbonyl (C=O) groups excluding carboxylic acids is 2. The van der Waals surface area contributed by atoms with Crippen LogP contribution >= 0.6 is 0 Å². The van der Waals surface area contributed by atoms with Crippen LogP contribution < -0.4 is 4.90 Å². The number of anilines is 1. The van der Waals surface area contributed by atoms with Gasteiger partial charge in [-0.25, -0.2) is 14.8 Å². The van der Waals surface area contributed by atoms with Crippen molar-refractivity contribution < 1.29 is 45.4 Å². The van der Waals surface area contributed by atoms with Gasteiger partial charge in [0.05, 0.1) is 31.0 Å². The third-order valence-corrected chi connectivity index (χ3v) is 8.38. The van der Waals surface area contributed by atoms with E-state index in [2.05, 4.69) is 19.8 Å². The van der Waals surface area contributed by atoms with Gasteiger partial charge in [-0.1, -0.05) is 13.8 Å². The van der Waals surface area contributed by atoms with Gasteiger partial charge in [0.25, 0.3) is 0 Å².